The molecule has 0 unspecified atom stereocenters. The van der Waals surface area contributed by atoms with Gasteiger partial charge in [0.05, 0.1) is 12.2 Å². The molecule has 1 aromatic rings. The van der Waals surface area contributed by atoms with Gasteiger partial charge in [-0.15, -0.1) is 0 Å². The number of halogens is 1. The molecule has 4 aliphatic rings. The van der Waals surface area contributed by atoms with Crippen molar-refractivity contribution in [2.45, 2.75) is 118 Å². The predicted molar refractivity (Wildman–Crippen MR) is 172 cm³/mol. The van der Waals surface area contributed by atoms with E-state index in [-0.39, 0.29) is 46.1 Å². The Morgan fingerprint density at radius 3 is 2.32 bits per heavy atom. The fourth-order valence-electron chi connectivity index (χ4n) is 10.4. The maximum atomic E-state index is 14.1. The molecule has 2 N–H and O–H groups in total. The average molecular weight is 627 g/mol. The lowest BCUT2D eigenvalue weighted by Crippen LogP contribution is -2.65. The van der Waals surface area contributed by atoms with Gasteiger partial charge in [-0.1, -0.05) is 50.9 Å². The molecule has 242 valence electrons. The molecule has 7 heteroatoms. The summed E-state index contributed by atoms with van der Waals surface area (Å²) < 4.78 is 12.0. The van der Waals surface area contributed by atoms with Crippen LogP contribution in [0.1, 0.15) is 99.8 Å². The minimum Gasteiger partial charge on any atom is -0.458 e. The predicted octanol–water partition coefficient (Wildman–Crippen LogP) is 7.84. The van der Waals surface area contributed by atoms with Gasteiger partial charge in [-0.3, -0.25) is 4.79 Å². The summed E-state index contributed by atoms with van der Waals surface area (Å²) in [6.07, 6.45) is 6.41. The number of benzene rings is 1. The Morgan fingerprint density at radius 2 is 1.68 bits per heavy atom. The fraction of sp³-hybridized carbons (Fsp3) is 0.676. The molecule has 0 aromatic heterocycles. The van der Waals surface area contributed by atoms with Crippen LogP contribution in [-0.2, 0) is 14.3 Å². The Labute approximate surface area is 268 Å². The van der Waals surface area contributed by atoms with E-state index in [4.69, 9.17) is 21.1 Å². The SMILES string of the molecule is CC(=O)O[C@H]1C[C@@]2(C)[C@@H](C[C@@H](O)[C@H]3[C@@]4(C)CC[C@@H](O)[C@@H](C)[C@@H]4CC[C@@]32C)/C1=C(\CCC=C(C)C)C(=O)Oc1ccc(Cl)cc1. The van der Waals surface area contributed by atoms with Gasteiger partial charge in [0.1, 0.15) is 11.9 Å². The molecule has 10 atom stereocenters. The van der Waals surface area contributed by atoms with E-state index < -0.39 is 18.2 Å². The summed E-state index contributed by atoms with van der Waals surface area (Å²) in [5.41, 5.74) is 1.84. The number of ether oxygens (including phenoxy) is 2. The quantitative estimate of drug-likeness (QED) is 0.145. The van der Waals surface area contributed by atoms with Gasteiger partial charge in [-0.25, -0.2) is 4.79 Å². The van der Waals surface area contributed by atoms with E-state index in [9.17, 15) is 19.8 Å². The summed E-state index contributed by atoms with van der Waals surface area (Å²) in [7, 11) is 0. The number of hydrogen-bond acceptors (Lipinski definition) is 6. The van der Waals surface area contributed by atoms with Crippen LogP contribution < -0.4 is 4.74 Å². The zero-order valence-electron chi connectivity index (χ0n) is 27.5. The Morgan fingerprint density at radius 1 is 1.00 bits per heavy atom. The second kappa shape index (κ2) is 12.2. The van der Waals surface area contributed by atoms with Gasteiger partial charge in [-0.2, -0.15) is 0 Å². The minimum atomic E-state index is -0.578. The number of carbonyl (C=O) groups excluding carboxylic acids is 2. The molecular weight excluding hydrogens is 576 g/mol. The highest BCUT2D eigenvalue weighted by Gasteiger charge is 2.70. The van der Waals surface area contributed by atoms with Gasteiger partial charge in [0.25, 0.3) is 0 Å². The third kappa shape index (κ3) is 5.58. The summed E-state index contributed by atoms with van der Waals surface area (Å²) in [5.74, 6) is 0.00432. The molecule has 1 aromatic carbocycles. The number of fused-ring (bicyclic) bond motifs is 5. The van der Waals surface area contributed by atoms with Crippen LogP contribution in [-0.4, -0.2) is 40.5 Å². The zero-order valence-corrected chi connectivity index (χ0v) is 28.2. The van der Waals surface area contributed by atoms with Gasteiger partial charge in [0.15, 0.2) is 0 Å². The van der Waals surface area contributed by atoms with Crippen molar-refractivity contribution in [1.82, 2.24) is 0 Å². The molecule has 5 rings (SSSR count). The van der Waals surface area contributed by atoms with Crippen LogP contribution >= 0.6 is 11.6 Å². The first-order valence-corrected chi connectivity index (χ1v) is 16.9. The van der Waals surface area contributed by atoms with Gasteiger partial charge >= 0.3 is 11.9 Å². The molecule has 0 amide bonds. The lowest BCUT2D eigenvalue weighted by molar-refractivity contribution is -0.234. The number of aliphatic hydroxyl groups excluding tert-OH is 2. The standard InChI is InChI=1S/C37H51ClO6/c1-21(2)9-8-10-26(34(42)44-25-13-11-24(38)12-14-25)32-28-19-30(41)33-35(5)17-16-29(40)22(3)27(35)15-18-36(33,6)37(28,7)20-31(32)43-23(4)39/h9,11-14,22,27-31,33,40-41H,8,10,15-20H2,1-7H3/b32-26-/t22-,27-,28-,29+,30+,31-,33-,35-,36-,37-/m0/s1. The molecule has 0 aliphatic heterocycles. The maximum absolute atomic E-state index is 14.1. The molecule has 0 bridgehead atoms. The Kier molecular flexibility index (Phi) is 9.23. The lowest BCUT2D eigenvalue weighted by Gasteiger charge is -2.69. The third-order valence-corrected chi connectivity index (χ3v) is 12.8. The van der Waals surface area contributed by atoms with Gasteiger partial charge in [-0.05, 0) is 135 Å². The average Bonchev–Trinajstić information content (AvgIpc) is 3.21. The molecule has 4 fully saturated rings. The summed E-state index contributed by atoms with van der Waals surface area (Å²) in [6.45, 7) is 14.7. The largest absolute Gasteiger partial charge is 0.458 e. The van der Waals surface area contributed by atoms with Gasteiger partial charge in [0, 0.05) is 17.5 Å². The highest BCUT2D eigenvalue weighted by molar-refractivity contribution is 6.30. The molecule has 0 heterocycles. The molecule has 44 heavy (non-hydrogen) atoms. The van der Waals surface area contributed by atoms with Crippen molar-refractivity contribution < 1.29 is 29.3 Å². The Bertz CT molecular complexity index is 1330. The number of rotatable bonds is 6. The first-order chi connectivity index (χ1) is 20.6. The fourth-order valence-corrected chi connectivity index (χ4v) is 10.6. The van der Waals surface area contributed by atoms with Crippen molar-refractivity contribution >= 4 is 23.5 Å². The van der Waals surface area contributed by atoms with Crippen molar-refractivity contribution in [2.75, 3.05) is 0 Å². The topological polar surface area (TPSA) is 93.1 Å². The first-order valence-electron chi connectivity index (χ1n) is 16.5. The van der Waals surface area contributed by atoms with Gasteiger partial charge in [0.2, 0.25) is 0 Å². The molecule has 6 nitrogen and oxygen atoms in total. The normalized spacial score (nSPS) is 40.6. The molecular formula is C37H51ClO6. The molecule has 4 aliphatic carbocycles. The van der Waals surface area contributed by atoms with Crippen LogP contribution in [0.2, 0.25) is 5.02 Å². The molecule has 0 radical (unpaired) electrons. The number of carbonyl (C=O) groups is 2. The van der Waals surface area contributed by atoms with Crippen LogP contribution in [0.4, 0.5) is 0 Å². The summed E-state index contributed by atoms with van der Waals surface area (Å²) >= 11 is 6.08. The monoisotopic (exact) mass is 626 g/mol. The van der Waals surface area contributed by atoms with Crippen molar-refractivity contribution in [1.29, 1.82) is 0 Å². The zero-order chi connectivity index (χ0) is 32.2. The number of allylic oxidation sites excluding steroid dienone is 2. The van der Waals surface area contributed by atoms with Crippen LogP contribution in [0.25, 0.3) is 0 Å². The van der Waals surface area contributed by atoms with Gasteiger partial charge < -0.3 is 19.7 Å². The number of hydrogen-bond donors (Lipinski definition) is 2. The highest BCUT2D eigenvalue weighted by Crippen LogP contribution is 2.74. The van der Waals surface area contributed by atoms with Crippen LogP contribution in [0, 0.1) is 39.9 Å². The second-order valence-electron chi connectivity index (χ2n) is 15.2. The lowest BCUT2D eigenvalue weighted by atomic mass is 9.36. The van der Waals surface area contributed by atoms with E-state index in [1.807, 2.05) is 13.8 Å². The van der Waals surface area contributed by atoms with Crippen LogP contribution in [0.3, 0.4) is 0 Å². The summed E-state index contributed by atoms with van der Waals surface area (Å²) in [5, 5.41) is 23.5. The van der Waals surface area contributed by atoms with Crippen molar-refractivity contribution in [3.05, 3.63) is 52.1 Å². The van der Waals surface area contributed by atoms with E-state index in [1.165, 1.54) is 6.92 Å². The van der Waals surface area contributed by atoms with Crippen LogP contribution in [0.15, 0.2) is 47.1 Å². The summed E-state index contributed by atoms with van der Waals surface area (Å²) in [6, 6.07) is 6.74. The van der Waals surface area contributed by atoms with E-state index in [0.29, 0.717) is 47.9 Å². The Hall–Kier alpha value is -2.15. The molecule has 4 saturated carbocycles. The van der Waals surface area contributed by atoms with E-state index in [2.05, 4.69) is 33.8 Å². The van der Waals surface area contributed by atoms with E-state index in [0.717, 1.165) is 36.8 Å². The van der Waals surface area contributed by atoms with E-state index in [1.54, 1.807) is 24.3 Å². The Balaban J connectivity index is 1.61. The summed E-state index contributed by atoms with van der Waals surface area (Å²) in [4.78, 5) is 26.6. The first kappa shape index (κ1) is 33.2. The molecule has 0 saturated heterocycles. The minimum absolute atomic E-state index is 0.0393. The molecule has 0 spiro atoms. The van der Waals surface area contributed by atoms with Crippen molar-refractivity contribution in [2.24, 2.45) is 39.9 Å². The van der Waals surface area contributed by atoms with Crippen molar-refractivity contribution in [3.63, 3.8) is 0 Å². The van der Waals surface area contributed by atoms with E-state index >= 15 is 0 Å². The highest BCUT2D eigenvalue weighted by atomic mass is 35.5. The second-order valence-corrected chi connectivity index (χ2v) is 15.6. The van der Waals surface area contributed by atoms with Crippen molar-refractivity contribution in [3.8, 4) is 5.75 Å². The number of aliphatic hydroxyl groups is 2. The number of esters is 2. The third-order valence-electron chi connectivity index (χ3n) is 12.6. The maximum Gasteiger partial charge on any atom is 0.339 e. The smallest absolute Gasteiger partial charge is 0.339 e. The van der Waals surface area contributed by atoms with Crippen LogP contribution in [0.5, 0.6) is 5.75 Å².